The molecule has 0 aromatic carbocycles. The second-order valence-electron chi connectivity index (χ2n) is 4.54. The number of rotatable bonds is 6. The molecule has 1 fully saturated rings. The Morgan fingerprint density at radius 1 is 1.33 bits per heavy atom. The molecule has 1 aliphatic rings. The van der Waals surface area contributed by atoms with Crippen molar-refractivity contribution in [3.63, 3.8) is 0 Å². The summed E-state index contributed by atoms with van der Waals surface area (Å²) in [5.74, 6) is 6.99. The van der Waals surface area contributed by atoms with Gasteiger partial charge in [0.05, 0.1) is 6.10 Å². The number of ether oxygens (including phenoxy) is 1. The Morgan fingerprint density at radius 3 is 2.47 bits per heavy atom. The van der Waals surface area contributed by atoms with Crippen LogP contribution in [0.1, 0.15) is 46.5 Å². The van der Waals surface area contributed by atoms with Gasteiger partial charge in [0.1, 0.15) is 0 Å². The molecule has 3 nitrogen and oxygen atoms in total. The second kappa shape index (κ2) is 6.46. The Balaban J connectivity index is 2.63. The van der Waals surface area contributed by atoms with Gasteiger partial charge < -0.3 is 4.74 Å². The van der Waals surface area contributed by atoms with Crippen molar-refractivity contribution in [3.8, 4) is 0 Å². The fourth-order valence-corrected chi connectivity index (χ4v) is 2.90. The highest BCUT2D eigenvalue weighted by molar-refractivity contribution is 4.88. The zero-order valence-corrected chi connectivity index (χ0v) is 10.3. The molecule has 1 saturated heterocycles. The summed E-state index contributed by atoms with van der Waals surface area (Å²) in [6.07, 6.45) is 5.05. The van der Waals surface area contributed by atoms with Crippen molar-refractivity contribution < 1.29 is 4.74 Å². The van der Waals surface area contributed by atoms with E-state index in [2.05, 4.69) is 26.2 Å². The lowest BCUT2D eigenvalue weighted by molar-refractivity contribution is 0.0682. The minimum absolute atomic E-state index is 0.409. The van der Waals surface area contributed by atoms with Crippen LogP contribution in [0.4, 0.5) is 0 Å². The Morgan fingerprint density at radius 2 is 2.00 bits per heavy atom. The molecule has 0 amide bonds. The molecule has 0 bridgehead atoms. The lowest BCUT2D eigenvalue weighted by Gasteiger charge is -2.32. The smallest absolute Gasteiger partial charge is 0.0617 e. The summed E-state index contributed by atoms with van der Waals surface area (Å²) < 4.78 is 5.74. The van der Waals surface area contributed by atoms with Crippen molar-refractivity contribution in [2.75, 3.05) is 6.61 Å². The number of nitrogens with two attached hydrogens (primary N) is 1. The van der Waals surface area contributed by atoms with Gasteiger partial charge in [0.15, 0.2) is 0 Å². The highest BCUT2D eigenvalue weighted by Gasteiger charge is 2.35. The molecule has 3 heteroatoms. The number of hydrogen-bond acceptors (Lipinski definition) is 3. The van der Waals surface area contributed by atoms with Gasteiger partial charge in [0.2, 0.25) is 0 Å². The summed E-state index contributed by atoms with van der Waals surface area (Å²) in [6.45, 7) is 7.59. The Kier molecular flexibility index (Phi) is 5.58. The van der Waals surface area contributed by atoms with Crippen LogP contribution in [0, 0.1) is 11.8 Å². The molecule has 3 atom stereocenters. The van der Waals surface area contributed by atoms with Gasteiger partial charge in [-0.1, -0.05) is 33.6 Å². The second-order valence-corrected chi connectivity index (χ2v) is 4.54. The van der Waals surface area contributed by atoms with Crippen LogP contribution in [0.15, 0.2) is 0 Å². The van der Waals surface area contributed by atoms with Crippen LogP contribution in [-0.4, -0.2) is 18.8 Å². The van der Waals surface area contributed by atoms with Crippen molar-refractivity contribution >= 4 is 0 Å². The van der Waals surface area contributed by atoms with Crippen LogP contribution in [0.3, 0.4) is 0 Å². The molecule has 1 aliphatic heterocycles. The Bertz CT molecular complexity index is 171. The van der Waals surface area contributed by atoms with Crippen molar-refractivity contribution in [2.45, 2.75) is 58.6 Å². The van der Waals surface area contributed by atoms with Gasteiger partial charge in [-0.3, -0.25) is 11.3 Å². The third-order valence-electron chi connectivity index (χ3n) is 3.87. The van der Waals surface area contributed by atoms with Crippen molar-refractivity contribution in [1.29, 1.82) is 0 Å². The number of nitrogens with one attached hydrogen (secondary N) is 1. The molecular formula is C12H26N2O. The zero-order valence-electron chi connectivity index (χ0n) is 10.3. The normalized spacial score (nSPS) is 28.6. The van der Waals surface area contributed by atoms with E-state index in [0.29, 0.717) is 24.0 Å². The van der Waals surface area contributed by atoms with E-state index in [0.717, 1.165) is 19.4 Å². The van der Waals surface area contributed by atoms with Crippen LogP contribution >= 0.6 is 0 Å². The van der Waals surface area contributed by atoms with Crippen molar-refractivity contribution in [1.82, 2.24) is 5.43 Å². The predicted octanol–water partition coefficient (Wildman–Crippen LogP) is 2.07. The average Bonchev–Trinajstić information content (AvgIpc) is 2.73. The molecule has 90 valence electrons. The van der Waals surface area contributed by atoms with Gasteiger partial charge in [-0.2, -0.15) is 0 Å². The fourth-order valence-electron chi connectivity index (χ4n) is 2.90. The summed E-state index contributed by atoms with van der Waals surface area (Å²) in [5.41, 5.74) is 3.03. The molecule has 15 heavy (non-hydrogen) atoms. The summed E-state index contributed by atoms with van der Waals surface area (Å²) in [4.78, 5) is 0. The maximum atomic E-state index is 5.74. The summed E-state index contributed by atoms with van der Waals surface area (Å²) in [5, 5.41) is 0. The first-order valence-electron chi connectivity index (χ1n) is 6.36. The molecule has 1 rings (SSSR count). The van der Waals surface area contributed by atoms with E-state index < -0.39 is 0 Å². The fraction of sp³-hybridized carbons (Fsp3) is 1.00. The Labute approximate surface area is 93.7 Å². The zero-order chi connectivity index (χ0) is 11.3. The van der Waals surface area contributed by atoms with Crippen LogP contribution in [0.2, 0.25) is 0 Å². The first kappa shape index (κ1) is 12.9. The SMILES string of the molecule is CCC(CC)C(NN)C1CCOC1CC. The van der Waals surface area contributed by atoms with Gasteiger partial charge in [-0.25, -0.2) is 0 Å². The van der Waals surface area contributed by atoms with Crippen molar-refractivity contribution in [2.24, 2.45) is 17.7 Å². The maximum Gasteiger partial charge on any atom is 0.0617 e. The van der Waals surface area contributed by atoms with E-state index in [9.17, 15) is 0 Å². The highest BCUT2D eigenvalue weighted by atomic mass is 16.5. The lowest BCUT2D eigenvalue weighted by Crippen LogP contribution is -2.48. The summed E-state index contributed by atoms with van der Waals surface area (Å²) in [7, 11) is 0. The molecule has 0 spiro atoms. The number of hydrogen-bond donors (Lipinski definition) is 2. The molecule has 0 aromatic heterocycles. The first-order chi connectivity index (χ1) is 7.28. The van der Waals surface area contributed by atoms with Gasteiger partial charge in [-0.05, 0) is 18.8 Å². The Hall–Kier alpha value is -0.120. The minimum Gasteiger partial charge on any atom is -0.378 e. The van der Waals surface area contributed by atoms with Crippen LogP contribution < -0.4 is 11.3 Å². The molecular weight excluding hydrogens is 188 g/mol. The van der Waals surface area contributed by atoms with E-state index in [-0.39, 0.29) is 0 Å². The van der Waals surface area contributed by atoms with E-state index >= 15 is 0 Å². The number of hydrazine groups is 1. The molecule has 0 aliphatic carbocycles. The monoisotopic (exact) mass is 214 g/mol. The molecule has 3 unspecified atom stereocenters. The average molecular weight is 214 g/mol. The van der Waals surface area contributed by atoms with Crippen molar-refractivity contribution in [3.05, 3.63) is 0 Å². The molecule has 0 radical (unpaired) electrons. The quantitative estimate of drug-likeness (QED) is 0.525. The maximum absolute atomic E-state index is 5.74. The van der Waals surface area contributed by atoms with E-state index in [4.69, 9.17) is 10.6 Å². The topological polar surface area (TPSA) is 47.3 Å². The summed E-state index contributed by atoms with van der Waals surface area (Å²) in [6, 6.07) is 0.424. The van der Waals surface area contributed by atoms with E-state index in [1.807, 2.05) is 0 Å². The molecule has 0 saturated carbocycles. The molecule has 3 N–H and O–H groups in total. The largest absolute Gasteiger partial charge is 0.378 e. The van der Waals surface area contributed by atoms with Gasteiger partial charge in [-0.15, -0.1) is 0 Å². The standard InChI is InChI=1S/C12H26N2O/c1-4-9(5-2)12(14-13)10-7-8-15-11(10)6-3/h9-12,14H,4-8,13H2,1-3H3. The predicted molar refractivity (Wildman–Crippen MR) is 63.3 cm³/mol. The van der Waals surface area contributed by atoms with Crippen LogP contribution in [0.25, 0.3) is 0 Å². The highest BCUT2D eigenvalue weighted by Crippen LogP contribution is 2.31. The van der Waals surface area contributed by atoms with E-state index in [1.54, 1.807) is 0 Å². The van der Waals surface area contributed by atoms with Gasteiger partial charge >= 0.3 is 0 Å². The van der Waals surface area contributed by atoms with Gasteiger partial charge in [0, 0.05) is 18.6 Å². The third-order valence-corrected chi connectivity index (χ3v) is 3.87. The van der Waals surface area contributed by atoms with Gasteiger partial charge in [0.25, 0.3) is 0 Å². The molecule has 1 heterocycles. The van der Waals surface area contributed by atoms with Crippen LogP contribution in [0.5, 0.6) is 0 Å². The summed E-state index contributed by atoms with van der Waals surface area (Å²) >= 11 is 0. The lowest BCUT2D eigenvalue weighted by atomic mass is 9.81. The first-order valence-corrected chi connectivity index (χ1v) is 6.36. The third kappa shape index (κ3) is 2.92. The minimum atomic E-state index is 0.409. The molecule has 0 aromatic rings. The van der Waals surface area contributed by atoms with E-state index in [1.165, 1.54) is 12.8 Å². The van der Waals surface area contributed by atoms with Crippen LogP contribution in [-0.2, 0) is 4.74 Å².